The number of aliphatic hydroxyl groups is 2. The molecule has 0 rings (SSSR count). The third kappa shape index (κ3) is 42.1. The molecule has 3 atom stereocenters. The minimum atomic E-state index is -4.63. The molecule has 0 aromatic heterocycles. The van der Waals surface area contributed by atoms with E-state index < -0.39 is 51.8 Å². The Morgan fingerprint density at radius 1 is 0.526 bits per heavy atom. The quantitative estimate of drug-likeness (QED) is 0.0235. The van der Waals surface area contributed by atoms with Gasteiger partial charge < -0.3 is 24.6 Å². The number of phosphoric acid groups is 1. The molecular weight excluding hydrogens is 743 g/mol. The Morgan fingerprint density at radius 3 is 1.44 bits per heavy atom. The van der Waals surface area contributed by atoms with E-state index in [0.717, 1.165) is 38.5 Å². The van der Waals surface area contributed by atoms with Gasteiger partial charge >= 0.3 is 19.8 Å². The predicted octanol–water partition coefficient (Wildman–Crippen LogP) is 12.3. The number of hydrogen-bond donors (Lipinski definition) is 3. The molecule has 0 amide bonds. The van der Waals surface area contributed by atoms with Gasteiger partial charge in [-0.05, 0) is 64.2 Å². The first-order valence-corrected chi connectivity index (χ1v) is 24.4. The summed E-state index contributed by atoms with van der Waals surface area (Å²) in [5, 5.41) is 18.3. The number of rotatable bonds is 43. The number of carbonyl (C=O) groups is 2. The molecule has 57 heavy (non-hydrogen) atoms. The predicted molar refractivity (Wildman–Crippen MR) is 233 cm³/mol. The molecule has 0 aromatic rings. The van der Waals surface area contributed by atoms with Crippen molar-refractivity contribution in [1.82, 2.24) is 0 Å². The second-order valence-electron chi connectivity index (χ2n) is 15.4. The van der Waals surface area contributed by atoms with Gasteiger partial charge in [0.2, 0.25) is 0 Å². The van der Waals surface area contributed by atoms with Crippen LogP contribution >= 0.6 is 7.82 Å². The normalized spacial score (nSPS) is 14.1. The van der Waals surface area contributed by atoms with E-state index in [1.807, 2.05) is 0 Å². The van der Waals surface area contributed by atoms with Crippen LogP contribution in [0.4, 0.5) is 0 Å². The van der Waals surface area contributed by atoms with E-state index in [0.29, 0.717) is 12.8 Å². The molecule has 0 aliphatic carbocycles. The summed E-state index contributed by atoms with van der Waals surface area (Å²) in [5.41, 5.74) is 0. The highest BCUT2D eigenvalue weighted by Gasteiger charge is 2.27. The van der Waals surface area contributed by atoms with Crippen molar-refractivity contribution < 1.29 is 47.8 Å². The fraction of sp³-hybridized carbons (Fsp3) is 0.826. The van der Waals surface area contributed by atoms with Crippen LogP contribution in [0.15, 0.2) is 36.5 Å². The molecule has 0 saturated carbocycles. The van der Waals surface area contributed by atoms with Crippen molar-refractivity contribution in [3.63, 3.8) is 0 Å². The largest absolute Gasteiger partial charge is 0.472 e. The molecule has 10 nitrogen and oxygen atoms in total. The topological polar surface area (TPSA) is 149 Å². The van der Waals surface area contributed by atoms with E-state index in [2.05, 4.69) is 50.3 Å². The highest BCUT2D eigenvalue weighted by atomic mass is 31.2. The number of phosphoric ester groups is 1. The van der Waals surface area contributed by atoms with Crippen molar-refractivity contribution in [2.75, 3.05) is 26.4 Å². The molecule has 0 saturated heterocycles. The molecule has 0 spiro atoms. The van der Waals surface area contributed by atoms with Gasteiger partial charge in [-0.3, -0.25) is 18.6 Å². The highest BCUT2D eigenvalue weighted by molar-refractivity contribution is 7.47. The van der Waals surface area contributed by atoms with E-state index in [1.165, 1.54) is 128 Å². The van der Waals surface area contributed by atoms with Gasteiger partial charge in [0.15, 0.2) is 6.10 Å². The van der Waals surface area contributed by atoms with E-state index >= 15 is 0 Å². The highest BCUT2D eigenvalue weighted by Crippen LogP contribution is 2.43. The lowest BCUT2D eigenvalue weighted by atomic mass is 10.1. The van der Waals surface area contributed by atoms with Crippen molar-refractivity contribution in [3.8, 4) is 0 Å². The lowest BCUT2D eigenvalue weighted by Crippen LogP contribution is -2.29. The van der Waals surface area contributed by atoms with Crippen LogP contribution < -0.4 is 0 Å². The van der Waals surface area contributed by atoms with Crippen LogP contribution in [-0.4, -0.2) is 65.7 Å². The number of aliphatic hydroxyl groups excluding tert-OH is 2. The van der Waals surface area contributed by atoms with E-state index in [-0.39, 0.29) is 19.4 Å². The zero-order valence-corrected chi connectivity index (χ0v) is 37.2. The number of unbranched alkanes of at least 4 members (excludes halogenated alkanes) is 23. The minimum Gasteiger partial charge on any atom is -0.462 e. The SMILES string of the molecule is CCCCCC/C=C/CCCCCCCCCCCC(=O)O[C@H](COC(=O)CCC/C=C/C/C=C/CCCCCCCCCCC)COP(=O)(O)OC[C@@H](O)CO. The zero-order valence-electron chi connectivity index (χ0n) is 36.3. The zero-order chi connectivity index (χ0) is 41.9. The molecule has 0 heterocycles. The first-order valence-electron chi connectivity index (χ1n) is 22.9. The summed E-state index contributed by atoms with van der Waals surface area (Å²) in [4.78, 5) is 35.0. The Kier molecular flexibility index (Phi) is 41.0. The summed E-state index contributed by atoms with van der Waals surface area (Å²) in [5.74, 6) is -0.976. The summed E-state index contributed by atoms with van der Waals surface area (Å²) >= 11 is 0. The van der Waals surface area contributed by atoms with Crippen LogP contribution in [-0.2, 0) is 32.7 Å². The molecule has 0 bridgehead atoms. The molecule has 0 aliphatic rings. The van der Waals surface area contributed by atoms with E-state index in [1.54, 1.807) is 0 Å². The van der Waals surface area contributed by atoms with Crippen LogP contribution in [0.1, 0.15) is 206 Å². The van der Waals surface area contributed by atoms with E-state index in [4.69, 9.17) is 23.6 Å². The second kappa shape index (κ2) is 42.3. The number of allylic oxidation sites excluding steroid dienone is 6. The lowest BCUT2D eigenvalue weighted by Gasteiger charge is -2.20. The molecule has 11 heteroatoms. The summed E-state index contributed by atoms with van der Waals surface area (Å²) < 4.78 is 32.7. The number of esters is 2. The maximum atomic E-state index is 12.6. The maximum Gasteiger partial charge on any atom is 0.472 e. The Bertz CT molecular complexity index is 1050. The monoisotopic (exact) mass is 829 g/mol. The van der Waals surface area contributed by atoms with Crippen molar-refractivity contribution in [2.24, 2.45) is 0 Å². The molecule has 3 N–H and O–H groups in total. The maximum absolute atomic E-state index is 12.6. The Hall–Kier alpha value is -1.81. The third-order valence-electron chi connectivity index (χ3n) is 9.77. The summed E-state index contributed by atoms with van der Waals surface area (Å²) in [6.45, 7) is 2.34. The van der Waals surface area contributed by atoms with Crippen LogP contribution in [0.5, 0.6) is 0 Å². The first-order chi connectivity index (χ1) is 27.7. The third-order valence-corrected chi connectivity index (χ3v) is 10.7. The van der Waals surface area contributed by atoms with Crippen molar-refractivity contribution in [3.05, 3.63) is 36.5 Å². The van der Waals surface area contributed by atoms with Crippen molar-refractivity contribution in [2.45, 2.75) is 219 Å². The Balaban J connectivity index is 4.31. The molecule has 0 aliphatic heterocycles. The summed E-state index contributed by atoms with van der Waals surface area (Å²) in [6, 6.07) is 0. The van der Waals surface area contributed by atoms with Gasteiger partial charge in [0.05, 0.1) is 19.8 Å². The average molecular weight is 829 g/mol. The summed E-state index contributed by atoms with van der Waals surface area (Å²) in [6.07, 6.45) is 44.0. The van der Waals surface area contributed by atoms with Gasteiger partial charge in [0.25, 0.3) is 0 Å². The van der Waals surface area contributed by atoms with Gasteiger partial charge in [-0.2, -0.15) is 0 Å². The molecule has 334 valence electrons. The Morgan fingerprint density at radius 2 is 0.930 bits per heavy atom. The lowest BCUT2D eigenvalue weighted by molar-refractivity contribution is -0.161. The van der Waals surface area contributed by atoms with Crippen LogP contribution in [0.25, 0.3) is 0 Å². The van der Waals surface area contributed by atoms with Gasteiger partial charge in [0.1, 0.15) is 12.7 Å². The van der Waals surface area contributed by atoms with Gasteiger partial charge in [-0.1, -0.05) is 166 Å². The fourth-order valence-electron chi connectivity index (χ4n) is 6.20. The number of carbonyl (C=O) groups excluding carboxylic acids is 2. The second-order valence-corrected chi connectivity index (χ2v) is 16.9. The number of hydrogen-bond acceptors (Lipinski definition) is 9. The van der Waals surface area contributed by atoms with Crippen LogP contribution in [0.3, 0.4) is 0 Å². The minimum absolute atomic E-state index is 0.174. The van der Waals surface area contributed by atoms with Crippen molar-refractivity contribution in [1.29, 1.82) is 0 Å². The Labute approximate surface area is 348 Å². The molecule has 0 radical (unpaired) electrons. The van der Waals surface area contributed by atoms with Gasteiger partial charge in [-0.25, -0.2) is 4.57 Å². The molecule has 1 unspecified atom stereocenters. The van der Waals surface area contributed by atoms with E-state index in [9.17, 15) is 24.2 Å². The van der Waals surface area contributed by atoms with Crippen LogP contribution in [0, 0.1) is 0 Å². The summed E-state index contributed by atoms with van der Waals surface area (Å²) in [7, 11) is -4.63. The standard InChI is InChI=1S/C46H85O10P/c1-3-5-7-9-11-13-15-17-19-21-23-25-27-29-31-33-35-37-45(49)53-41-44(42-55-57(51,52)54-40-43(48)39-47)56-46(50)38-36-34-32-30-28-26-24-22-20-18-16-14-12-10-8-6-4-2/h14,16,23,25,29,31,43-44,47-48H,3-13,15,17-22,24,26-28,30,32-42H2,1-2H3,(H,51,52)/b16-14+,25-23+,31-29+/t43-,44+/m0/s1. The first kappa shape index (κ1) is 55.2. The number of ether oxygens (including phenoxy) is 2. The van der Waals surface area contributed by atoms with Gasteiger partial charge in [-0.15, -0.1) is 0 Å². The fourth-order valence-corrected chi connectivity index (χ4v) is 6.99. The molecule has 0 fully saturated rings. The molecule has 0 aromatic carbocycles. The molecular formula is C46H85O10P. The van der Waals surface area contributed by atoms with Crippen molar-refractivity contribution >= 4 is 19.8 Å². The van der Waals surface area contributed by atoms with Gasteiger partial charge in [0, 0.05) is 12.8 Å². The smallest absolute Gasteiger partial charge is 0.462 e. The van der Waals surface area contributed by atoms with Crippen LogP contribution in [0.2, 0.25) is 0 Å². The average Bonchev–Trinajstić information content (AvgIpc) is 3.20.